The van der Waals surface area contributed by atoms with Crippen LogP contribution < -0.4 is 0 Å². The van der Waals surface area contributed by atoms with E-state index in [1.807, 2.05) is 0 Å². The first kappa shape index (κ1) is 14.7. The molecule has 0 bridgehead atoms. The van der Waals surface area contributed by atoms with E-state index in [0.717, 1.165) is 37.8 Å². The van der Waals surface area contributed by atoms with E-state index in [2.05, 4.69) is 0 Å². The molecule has 4 heteroatoms. The van der Waals surface area contributed by atoms with Gasteiger partial charge in [0.25, 0.3) is 0 Å². The Balaban J connectivity index is 2.32. The van der Waals surface area contributed by atoms with Crippen LogP contribution in [0.2, 0.25) is 0 Å². The molecule has 4 nitrogen and oxygen atoms in total. The Morgan fingerprint density at radius 2 is 1.56 bits per heavy atom. The number of rotatable bonds is 3. The highest BCUT2D eigenvalue weighted by Crippen LogP contribution is 2.20. The van der Waals surface area contributed by atoms with E-state index in [1.54, 1.807) is 20.8 Å². The smallest absolute Gasteiger partial charge is 0.331 e. The van der Waals surface area contributed by atoms with Gasteiger partial charge in [-0.3, -0.25) is 0 Å². The summed E-state index contributed by atoms with van der Waals surface area (Å²) in [7, 11) is 0. The number of hydrogen-bond donors (Lipinski definition) is 0. The highest BCUT2D eigenvalue weighted by Gasteiger charge is 2.17. The van der Waals surface area contributed by atoms with Gasteiger partial charge in [-0.2, -0.15) is 0 Å². The zero-order valence-corrected chi connectivity index (χ0v) is 11.4. The maximum absolute atomic E-state index is 11.5. The number of carbonyl (C=O) groups excluding carboxylic acids is 2. The van der Waals surface area contributed by atoms with Crippen molar-refractivity contribution in [3.63, 3.8) is 0 Å². The van der Waals surface area contributed by atoms with Gasteiger partial charge < -0.3 is 9.47 Å². The molecule has 0 atom stereocenters. The molecule has 0 unspecified atom stereocenters. The molecule has 102 valence electrons. The molecule has 1 rings (SSSR count). The van der Waals surface area contributed by atoms with Gasteiger partial charge in [0.05, 0.1) is 0 Å². The minimum Gasteiger partial charge on any atom is -0.459 e. The highest BCUT2D eigenvalue weighted by atomic mass is 16.6. The van der Waals surface area contributed by atoms with Gasteiger partial charge in [0.2, 0.25) is 0 Å². The highest BCUT2D eigenvalue weighted by molar-refractivity contribution is 5.91. The normalized spacial score (nSPS) is 17.7. The molecule has 0 amide bonds. The summed E-state index contributed by atoms with van der Waals surface area (Å²) in [6, 6.07) is 0. The molecule has 0 spiro atoms. The summed E-state index contributed by atoms with van der Waals surface area (Å²) in [5.74, 6) is -0.990. The fourth-order valence-corrected chi connectivity index (χ4v) is 1.86. The predicted molar refractivity (Wildman–Crippen MR) is 68.0 cm³/mol. The van der Waals surface area contributed by atoms with Crippen molar-refractivity contribution >= 4 is 11.9 Å². The van der Waals surface area contributed by atoms with Crippen LogP contribution in [-0.4, -0.2) is 23.6 Å². The second kappa shape index (κ2) is 6.57. The van der Waals surface area contributed by atoms with E-state index in [1.165, 1.54) is 6.42 Å². The molecule has 0 aromatic rings. The third-order valence-electron chi connectivity index (χ3n) is 2.60. The summed E-state index contributed by atoms with van der Waals surface area (Å²) in [5, 5.41) is 0. The van der Waals surface area contributed by atoms with Crippen LogP contribution in [0.3, 0.4) is 0 Å². The molecule has 0 radical (unpaired) electrons. The maximum Gasteiger partial charge on any atom is 0.331 e. The standard InChI is InChI=1S/C14H22O4/c1-14(2,3)18-13(16)10-9-12(15)17-11-7-5-4-6-8-11/h9-11H,4-8H2,1-3H3. The molecule has 18 heavy (non-hydrogen) atoms. The van der Waals surface area contributed by atoms with Gasteiger partial charge in [-0.15, -0.1) is 0 Å². The largest absolute Gasteiger partial charge is 0.459 e. The van der Waals surface area contributed by atoms with Crippen molar-refractivity contribution in [2.45, 2.75) is 64.6 Å². The zero-order valence-electron chi connectivity index (χ0n) is 11.4. The molecular formula is C14H22O4. The van der Waals surface area contributed by atoms with Crippen LogP contribution in [0.15, 0.2) is 12.2 Å². The minimum absolute atomic E-state index is 0.00883. The van der Waals surface area contributed by atoms with Crippen LogP contribution in [0.4, 0.5) is 0 Å². The van der Waals surface area contributed by atoms with Gasteiger partial charge in [-0.1, -0.05) is 6.42 Å². The Bertz CT molecular complexity index is 319. The molecule has 0 aliphatic heterocycles. The Hall–Kier alpha value is -1.32. The number of esters is 2. The Morgan fingerprint density at radius 3 is 2.11 bits per heavy atom. The van der Waals surface area contributed by atoms with Crippen molar-refractivity contribution in [2.75, 3.05) is 0 Å². The van der Waals surface area contributed by atoms with Gasteiger partial charge in [0.15, 0.2) is 0 Å². The SMILES string of the molecule is CC(C)(C)OC(=O)C=CC(=O)OC1CCCCC1. The average molecular weight is 254 g/mol. The molecule has 0 saturated heterocycles. The van der Waals surface area contributed by atoms with E-state index in [-0.39, 0.29) is 6.10 Å². The summed E-state index contributed by atoms with van der Waals surface area (Å²) in [6.45, 7) is 5.33. The summed E-state index contributed by atoms with van der Waals surface area (Å²) in [4.78, 5) is 22.8. The molecule has 0 N–H and O–H groups in total. The lowest BCUT2D eigenvalue weighted by Crippen LogP contribution is -2.23. The lowest BCUT2D eigenvalue weighted by Gasteiger charge is -2.21. The number of hydrogen-bond acceptors (Lipinski definition) is 4. The molecule has 1 aliphatic carbocycles. The fourth-order valence-electron chi connectivity index (χ4n) is 1.86. The molecule has 1 fully saturated rings. The first-order chi connectivity index (χ1) is 8.37. The minimum atomic E-state index is -0.547. The molecular weight excluding hydrogens is 232 g/mol. The second-order valence-corrected chi connectivity index (χ2v) is 5.56. The van der Waals surface area contributed by atoms with Crippen molar-refractivity contribution in [1.82, 2.24) is 0 Å². The maximum atomic E-state index is 11.5. The Morgan fingerprint density at radius 1 is 1.00 bits per heavy atom. The lowest BCUT2D eigenvalue weighted by molar-refractivity contribution is -0.150. The number of ether oxygens (including phenoxy) is 2. The van der Waals surface area contributed by atoms with Crippen LogP contribution in [0.5, 0.6) is 0 Å². The van der Waals surface area contributed by atoms with Gasteiger partial charge in [0.1, 0.15) is 11.7 Å². The molecule has 0 aromatic carbocycles. The summed E-state index contributed by atoms with van der Waals surface area (Å²) in [5.41, 5.74) is -0.547. The molecule has 0 aromatic heterocycles. The molecule has 0 heterocycles. The van der Waals surface area contributed by atoms with E-state index < -0.39 is 17.5 Å². The fraction of sp³-hybridized carbons (Fsp3) is 0.714. The molecule has 1 saturated carbocycles. The van der Waals surface area contributed by atoms with E-state index >= 15 is 0 Å². The average Bonchev–Trinajstić information content (AvgIpc) is 2.25. The third kappa shape index (κ3) is 6.42. The van der Waals surface area contributed by atoms with Gasteiger partial charge in [-0.25, -0.2) is 9.59 Å². The lowest BCUT2D eigenvalue weighted by atomic mass is 9.98. The predicted octanol–water partition coefficient (Wildman–Crippen LogP) is 2.76. The van der Waals surface area contributed by atoms with Crippen molar-refractivity contribution in [3.8, 4) is 0 Å². The molecule has 1 aliphatic rings. The van der Waals surface area contributed by atoms with Crippen LogP contribution >= 0.6 is 0 Å². The Labute approximate surface area is 108 Å². The second-order valence-electron chi connectivity index (χ2n) is 5.56. The first-order valence-corrected chi connectivity index (χ1v) is 6.48. The van der Waals surface area contributed by atoms with Gasteiger partial charge in [0, 0.05) is 12.2 Å². The topological polar surface area (TPSA) is 52.6 Å². The van der Waals surface area contributed by atoms with Gasteiger partial charge in [-0.05, 0) is 46.5 Å². The van der Waals surface area contributed by atoms with Crippen molar-refractivity contribution in [3.05, 3.63) is 12.2 Å². The zero-order chi connectivity index (χ0) is 13.6. The van der Waals surface area contributed by atoms with Crippen LogP contribution in [0, 0.1) is 0 Å². The summed E-state index contributed by atoms with van der Waals surface area (Å²) >= 11 is 0. The van der Waals surface area contributed by atoms with E-state index in [0.29, 0.717) is 0 Å². The summed E-state index contributed by atoms with van der Waals surface area (Å²) < 4.78 is 10.3. The van der Waals surface area contributed by atoms with Crippen LogP contribution in [-0.2, 0) is 19.1 Å². The van der Waals surface area contributed by atoms with E-state index in [4.69, 9.17) is 9.47 Å². The Kier molecular flexibility index (Phi) is 5.38. The first-order valence-electron chi connectivity index (χ1n) is 6.48. The van der Waals surface area contributed by atoms with E-state index in [9.17, 15) is 9.59 Å². The third-order valence-corrected chi connectivity index (χ3v) is 2.60. The van der Waals surface area contributed by atoms with Crippen molar-refractivity contribution < 1.29 is 19.1 Å². The van der Waals surface area contributed by atoms with Crippen LogP contribution in [0.1, 0.15) is 52.9 Å². The van der Waals surface area contributed by atoms with Crippen LogP contribution in [0.25, 0.3) is 0 Å². The summed E-state index contributed by atoms with van der Waals surface area (Å²) in [6.07, 6.45) is 7.54. The monoisotopic (exact) mass is 254 g/mol. The quantitative estimate of drug-likeness (QED) is 0.574. The van der Waals surface area contributed by atoms with Gasteiger partial charge >= 0.3 is 11.9 Å². The number of carbonyl (C=O) groups is 2. The van der Waals surface area contributed by atoms with Crippen molar-refractivity contribution in [2.24, 2.45) is 0 Å². The van der Waals surface area contributed by atoms with Crippen molar-refractivity contribution in [1.29, 1.82) is 0 Å².